The molecule has 19 heavy (non-hydrogen) atoms. The quantitative estimate of drug-likeness (QED) is 0.842. The van der Waals surface area contributed by atoms with Gasteiger partial charge in [0.05, 0.1) is 10.2 Å². The number of nitrogens with two attached hydrogens (primary N) is 1. The van der Waals surface area contributed by atoms with E-state index in [2.05, 4.69) is 26.2 Å². The lowest BCUT2D eigenvalue weighted by atomic mass is 10.3. The molecule has 1 aromatic rings. The molecule has 0 bridgehead atoms. The van der Waals surface area contributed by atoms with Crippen molar-refractivity contribution in [3.63, 3.8) is 0 Å². The number of halogens is 2. The van der Waals surface area contributed by atoms with E-state index in [1.54, 1.807) is 12.3 Å². The molecule has 3 N–H and O–H groups in total. The molecule has 0 fully saturated rings. The van der Waals surface area contributed by atoms with E-state index in [1.165, 1.54) is 0 Å². The maximum atomic E-state index is 11.5. The van der Waals surface area contributed by atoms with Crippen molar-refractivity contribution in [2.24, 2.45) is 5.73 Å². The molecule has 0 aliphatic carbocycles. The minimum Gasteiger partial charge on any atom is -0.377 e. The zero-order valence-electron chi connectivity index (χ0n) is 10.6. The van der Waals surface area contributed by atoms with Gasteiger partial charge in [0, 0.05) is 39.2 Å². The average molecular weight is 352 g/mol. The van der Waals surface area contributed by atoms with Gasteiger partial charge >= 0.3 is 0 Å². The number of hydrogen-bond acceptors (Lipinski definition) is 4. The first kappa shape index (κ1) is 17.7. The van der Waals surface area contributed by atoms with Crippen LogP contribution in [-0.2, 0) is 9.59 Å². The fraction of sp³-hybridized carbons (Fsp3) is 0.364. The minimum absolute atomic E-state index is 0. The third kappa shape index (κ3) is 5.89. The van der Waals surface area contributed by atoms with Gasteiger partial charge in [-0.05, 0) is 15.9 Å². The zero-order chi connectivity index (χ0) is 13.7. The summed E-state index contributed by atoms with van der Waals surface area (Å²) in [5.41, 5.74) is 5.87. The van der Waals surface area contributed by atoms with Gasteiger partial charge < -0.3 is 16.0 Å². The number of aromatic nitrogens is 1. The standard InChI is InChI=1S/C11H15BrN4O2.ClH/c1-16(2)8-5-10(14-6-7(8)12)15-11(18)4-3-9(13)17;/h5-6H,3-4H2,1-2H3,(H2,13,17)(H,14,15,18);1H. The predicted molar refractivity (Wildman–Crippen MR) is 80.6 cm³/mol. The monoisotopic (exact) mass is 350 g/mol. The van der Waals surface area contributed by atoms with Crippen LogP contribution in [0, 0.1) is 0 Å². The fourth-order valence-corrected chi connectivity index (χ4v) is 1.85. The Morgan fingerprint density at radius 1 is 1.42 bits per heavy atom. The van der Waals surface area contributed by atoms with Crippen LogP contribution in [0.3, 0.4) is 0 Å². The second kappa shape index (κ2) is 7.96. The molecule has 0 aromatic carbocycles. The maximum absolute atomic E-state index is 11.5. The summed E-state index contributed by atoms with van der Waals surface area (Å²) in [5, 5.41) is 2.61. The minimum atomic E-state index is -0.497. The van der Waals surface area contributed by atoms with Gasteiger partial charge in [0.1, 0.15) is 5.82 Å². The van der Waals surface area contributed by atoms with E-state index in [0.717, 1.165) is 10.2 Å². The Kier molecular flexibility index (Phi) is 7.40. The second-order valence-corrected chi connectivity index (χ2v) is 4.78. The topological polar surface area (TPSA) is 88.3 Å². The molecule has 0 radical (unpaired) electrons. The lowest BCUT2D eigenvalue weighted by Crippen LogP contribution is -2.18. The Balaban J connectivity index is 0.00000324. The molecule has 0 aliphatic rings. The molecule has 0 aliphatic heterocycles. The molecule has 106 valence electrons. The molecule has 0 saturated carbocycles. The normalized spacial score (nSPS) is 9.42. The van der Waals surface area contributed by atoms with Crippen molar-refractivity contribution in [1.82, 2.24) is 4.98 Å². The molecule has 1 heterocycles. The molecule has 1 rings (SSSR count). The van der Waals surface area contributed by atoms with Crippen molar-refractivity contribution in [3.8, 4) is 0 Å². The SMILES string of the molecule is CN(C)c1cc(NC(=O)CCC(N)=O)ncc1Br.Cl. The number of amides is 2. The average Bonchev–Trinajstić information content (AvgIpc) is 2.28. The number of hydrogen-bond donors (Lipinski definition) is 2. The Bertz CT molecular complexity index is 468. The van der Waals surface area contributed by atoms with Crippen LogP contribution in [0.15, 0.2) is 16.7 Å². The van der Waals surface area contributed by atoms with Crippen molar-refractivity contribution in [3.05, 3.63) is 16.7 Å². The highest BCUT2D eigenvalue weighted by molar-refractivity contribution is 9.10. The van der Waals surface area contributed by atoms with E-state index in [0.29, 0.717) is 5.82 Å². The van der Waals surface area contributed by atoms with E-state index < -0.39 is 5.91 Å². The van der Waals surface area contributed by atoms with Crippen LogP contribution in [0.5, 0.6) is 0 Å². The number of nitrogens with one attached hydrogen (secondary N) is 1. The predicted octanol–water partition coefficient (Wildman–Crippen LogP) is 1.54. The summed E-state index contributed by atoms with van der Waals surface area (Å²) in [5.74, 6) is -0.340. The van der Waals surface area contributed by atoms with Crippen molar-refractivity contribution in [1.29, 1.82) is 0 Å². The van der Waals surface area contributed by atoms with E-state index >= 15 is 0 Å². The van der Waals surface area contributed by atoms with E-state index in [9.17, 15) is 9.59 Å². The van der Waals surface area contributed by atoms with Gasteiger partial charge in [0.15, 0.2) is 0 Å². The Hall–Kier alpha value is -1.34. The number of nitrogens with zero attached hydrogens (tertiary/aromatic N) is 2. The van der Waals surface area contributed by atoms with E-state index in [-0.39, 0.29) is 31.2 Å². The third-order valence-corrected chi connectivity index (χ3v) is 2.79. The Morgan fingerprint density at radius 3 is 2.58 bits per heavy atom. The number of rotatable bonds is 5. The molecule has 0 spiro atoms. The highest BCUT2D eigenvalue weighted by atomic mass is 79.9. The lowest BCUT2D eigenvalue weighted by Gasteiger charge is -2.15. The van der Waals surface area contributed by atoms with Crippen LogP contribution in [0.2, 0.25) is 0 Å². The molecular weight excluding hydrogens is 336 g/mol. The second-order valence-electron chi connectivity index (χ2n) is 3.93. The number of pyridine rings is 1. The van der Waals surface area contributed by atoms with Gasteiger partial charge in [-0.3, -0.25) is 9.59 Å². The highest BCUT2D eigenvalue weighted by Gasteiger charge is 2.08. The molecule has 8 heteroatoms. The Labute approximate surface area is 126 Å². The number of primary amides is 1. The van der Waals surface area contributed by atoms with Gasteiger partial charge in [0.25, 0.3) is 0 Å². The number of carbonyl (C=O) groups excluding carboxylic acids is 2. The molecule has 0 unspecified atom stereocenters. The van der Waals surface area contributed by atoms with Crippen molar-refractivity contribution >= 4 is 51.7 Å². The first-order valence-corrected chi connectivity index (χ1v) is 6.10. The molecule has 0 saturated heterocycles. The summed E-state index contributed by atoms with van der Waals surface area (Å²) in [6.07, 6.45) is 1.70. The molecule has 6 nitrogen and oxygen atoms in total. The van der Waals surface area contributed by atoms with Crippen LogP contribution in [0.1, 0.15) is 12.8 Å². The largest absolute Gasteiger partial charge is 0.377 e. The summed E-state index contributed by atoms with van der Waals surface area (Å²) in [7, 11) is 3.78. The maximum Gasteiger partial charge on any atom is 0.226 e. The van der Waals surface area contributed by atoms with Crippen LogP contribution in [0.4, 0.5) is 11.5 Å². The summed E-state index contributed by atoms with van der Waals surface area (Å²) in [4.78, 5) is 28.0. The van der Waals surface area contributed by atoms with Crippen molar-refractivity contribution in [2.45, 2.75) is 12.8 Å². The lowest BCUT2D eigenvalue weighted by molar-refractivity contribution is -0.122. The zero-order valence-corrected chi connectivity index (χ0v) is 13.0. The molecular formula is C11H16BrClN4O2. The smallest absolute Gasteiger partial charge is 0.226 e. The van der Waals surface area contributed by atoms with Gasteiger partial charge in [0.2, 0.25) is 11.8 Å². The fourth-order valence-electron chi connectivity index (χ4n) is 1.28. The van der Waals surface area contributed by atoms with Crippen LogP contribution in [-0.4, -0.2) is 30.9 Å². The summed E-state index contributed by atoms with van der Waals surface area (Å²) < 4.78 is 0.836. The summed E-state index contributed by atoms with van der Waals surface area (Å²) >= 11 is 3.37. The van der Waals surface area contributed by atoms with E-state index in [4.69, 9.17) is 5.73 Å². The third-order valence-electron chi connectivity index (χ3n) is 2.18. The van der Waals surface area contributed by atoms with E-state index in [1.807, 2.05) is 19.0 Å². The number of carbonyl (C=O) groups is 2. The summed E-state index contributed by atoms with van der Waals surface area (Å²) in [6, 6.07) is 1.74. The summed E-state index contributed by atoms with van der Waals surface area (Å²) in [6.45, 7) is 0. The van der Waals surface area contributed by atoms with Gasteiger partial charge in [-0.15, -0.1) is 12.4 Å². The van der Waals surface area contributed by atoms with Gasteiger partial charge in [-0.2, -0.15) is 0 Å². The highest BCUT2D eigenvalue weighted by Crippen LogP contribution is 2.26. The number of anilines is 2. The Morgan fingerprint density at radius 2 is 2.05 bits per heavy atom. The van der Waals surface area contributed by atoms with Gasteiger partial charge in [-0.1, -0.05) is 0 Å². The van der Waals surface area contributed by atoms with Crippen molar-refractivity contribution in [2.75, 3.05) is 24.3 Å². The van der Waals surface area contributed by atoms with Crippen LogP contribution < -0.4 is 16.0 Å². The first-order chi connectivity index (χ1) is 8.40. The first-order valence-electron chi connectivity index (χ1n) is 5.31. The molecule has 2 amide bonds. The van der Waals surface area contributed by atoms with Crippen LogP contribution >= 0.6 is 28.3 Å². The molecule has 0 atom stereocenters. The van der Waals surface area contributed by atoms with Crippen molar-refractivity contribution < 1.29 is 9.59 Å². The van der Waals surface area contributed by atoms with Gasteiger partial charge in [-0.25, -0.2) is 4.98 Å². The molecule has 1 aromatic heterocycles. The van der Waals surface area contributed by atoms with Crippen LogP contribution in [0.25, 0.3) is 0 Å².